The molecule has 30 heavy (non-hydrogen) atoms. The van der Waals surface area contributed by atoms with Crippen LogP contribution in [0.5, 0.6) is 0 Å². The van der Waals surface area contributed by atoms with Gasteiger partial charge < -0.3 is 21.1 Å². The van der Waals surface area contributed by atoms with E-state index in [0.29, 0.717) is 22.8 Å². The van der Waals surface area contributed by atoms with Crippen LogP contribution in [-0.2, 0) is 0 Å². The van der Waals surface area contributed by atoms with Crippen molar-refractivity contribution in [2.24, 2.45) is 0 Å². The largest absolute Gasteiger partial charge is 0.385 e. The topological polar surface area (TPSA) is 132 Å². The van der Waals surface area contributed by atoms with E-state index in [2.05, 4.69) is 31.1 Å². The Morgan fingerprint density at radius 2 is 1.80 bits per heavy atom. The number of aliphatic hydroxyl groups excluding tert-OH is 1. The van der Waals surface area contributed by atoms with Crippen LogP contribution in [0.3, 0.4) is 0 Å². The molecule has 1 aromatic heterocycles. The summed E-state index contributed by atoms with van der Waals surface area (Å²) in [6, 6.07) is 13.3. The minimum absolute atomic E-state index is 0.261. The van der Waals surface area contributed by atoms with Gasteiger partial charge in [-0.15, -0.1) is 0 Å². The number of carbonyl (C=O) groups is 2. The van der Waals surface area contributed by atoms with Crippen LogP contribution >= 0.6 is 0 Å². The van der Waals surface area contributed by atoms with Crippen LogP contribution < -0.4 is 16.0 Å². The molecule has 3 amide bonds. The van der Waals surface area contributed by atoms with E-state index in [1.807, 2.05) is 25.1 Å². The molecule has 156 valence electrons. The number of urea groups is 1. The molecule has 0 saturated heterocycles. The van der Waals surface area contributed by atoms with Crippen LogP contribution in [0, 0.1) is 6.92 Å². The number of H-pyrrole nitrogens is 1. The normalized spacial score (nSPS) is 12.7. The minimum atomic E-state index is -0.800. The molecule has 0 spiro atoms. The van der Waals surface area contributed by atoms with Crippen LogP contribution in [0.15, 0.2) is 48.5 Å². The first-order valence-electron chi connectivity index (χ1n) is 9.48. The third kappa shape index (κ3) is 5.21. The zero-order chi connectivity index (χ0) is 21.7. The predicted octanol–water partition coefficient (Wildman–Crippen LogP) is 3.30. The van der Waals surface area contributed by atoms with Gasteiger partial charge in [0.25, 0.3) is 5.91 Å². The summed E-state index contributed by atoms with van der Waals surface area (Å²) in [6.45, 7) is 5.16. The van der Waals surface area contributed by atoms with Crippen molar-refractivity contribution in [2.75, 3.05) is 10.6 Å². The Morgan fingerprint density at radius 1 is 1.07 bits per heavy atom. The number of hydrogen-bond donors (Lipinski definition) is 5. The molecule has 2 atom stereocenters. The number of aromatic amines is 1. The van der Waals surface area contributed by atoms with Gasteiger partial charge in [-0.25, -0.2) is 9.78 Å². The van der Waals surface area contributed by atoms with Crippen LogP contribution in [0.25, 0.3) is 0 Å². The van der Waals surface area contributed by atoms with E-state index in [1.54, 1.807) is 44.2 Å². The Kier molecular flexibility index (Phi) is 6.43. The Balaban J connectivity index is 1.67. The number of carbonyl (C=O) groups excluding carboxylic acids is 2. The number of nitrogens with one attached hydrogen (secondary N) is 4. The summed E-state index contributed by atoms with van der Waals surface area (Å²) in [4.78, 5) is 29.1. The van der Waals surface area contributed by atoms with Crippen LogP contribution in [0.1, 0.15) is 53.6 Å². The van der Waals surface area contributed by atoms with E-state index in [-0.39, 0.29) is 11.7 Å². The van der Waals surface area contributed by atoms with Gasteiger partial charge in [0.05, 0.1) is 6.04 Å². The number of hydrogen-bond acceptors (Lipinski definition) is 5. The Hall–Kier alpha value is -3.72. The molecule has 5 N–H and O–H groups in total. The highest BCUT2D eigenvalue weighted by atomic mass is 16.3. The van der Waals surface area contributed by atoms with Crippen molar-refractivity contribution < 1.29 is 14.7 Å². The monoisotopic (exact) mass is 408 g/mol. The van der Waals surface area contributed by atoms with E-state index in [9.17, 15) is 14.7 Å². The van der Waals surface area contributed by atoms with Gasteiger partial charge in [0, 0.05) is 16.9 Å². The number of nitrogens with zero attached hydrogens (tertiary/aromatic N) is 2. The highest BCUT2D eigenvalue weighted by molar-refractivity contribution is 6.02. The molecule has 0 radical (unpaired) electrons. The maximum Gasteiger partial charge on any atom is 0.323 e. The van der Waals surface area contributed by atoms with Crippen molar-refractivity contribution in [2.45, 2.75) is 32.9 Å². The first-order chi connectivity index (χ1) is 14.3. The lowest BCUT2D eigenvalue weighted by Crippen LogP contribution is -2.27. The van der Waals surface area contributed by atoms with Crippen molar-refractivity contribution >= 4 is 23.3 Å². The lowest BCUT2D eigenvalue weighted by molar-refractivity contribution is 0.0938. The summed E-state index contributed by atoms with van der Waals surface area (Å²) in [5.41, 5.74) is 2.40. The molecule has 0 bridgehead atoms. The molecule has 0 fully saturated rings. The molecule has 9 nitrogen and oxygen atoms in total. The van der Waals surface area contributed by atoms with Gasteiger partial charge in [0.1, 0.15) is 11.9 Å². The molecular weight excluding hydrogens is 384 g/mol. The number of anilines is 2. The number of rotatable bonds is 6. The lowest BCUT2D eigenvalue weighted by atomic mass is 10.1. The third-order valence-corrected chi connectivity index (χ3v) is 4.43. The molecule has 1 heterocycles. The van der Waals surface area contributed by atoms with Crippen LogP contribution in [-0.4, -0.2) is 32.2 Å². The number of para-hydroxylation sites is 1. The highest BCUT2D eigenvalue weighted by Crippen LogP contribution is 2.19. The SMILES string of the molecule is Cc1ccc(C(=O)NC(C)c2nc(C(C)O)n[nH]2)cc1NC(=O)Nc1ccccc1. The van der Waals surface area contributed by atoms with Crippen molar-refractivity contribution in [3.63, 3.8) is 0 Å². The van der Waals surface area contributed by atoms with E-state index in [0.717, 1.165) is 5.56 Å². The maximum absolute atomic E-state index is 12.7. The van der Waals surface area contributed by atoms with Crippen molar-refractivity contribution in [3.05, 3.63) is 71.3 Å². The Bertz CT molecular complexity index is 1030. The average molecular weight is 408 g/mol. The molecule has 9 heteroatoms. The fourth-order valence-corrected chi connectivity index (χ4v) is 2.72. The summed E-state index contributed by atoms with van der Waals surface area (Å²) in [5, 5.41) is 24.5. The van der Waals surface area contributed by atoms with Gasteiger partial charge in [-0.2, -0.15) is 5.10 Å². The molecule has 0 saturated carbocycles. The van der Waals surface area contributed by atoms with Crippen molar-refractivity contribution in [1.29, 1.82) is 0 Å². The first-order valence-corrected chi connectivity index (χ1v) is 9.48. The van der Waals surface area contributed by atoms with Gasteiger partial charge >= 0.3 is 6.03 Å². The number of amides is 3. The van der Waals surface area contributed by atoms with E-state index < -0.39 is 18.2 Å². The molecule has 0 aliphatic rings. The van der Waals surface area contributed by atoms with Gasteiger partial charge in [-0.05, 0) is 50.6 Å². The number of benzene rings is 2. The predicted molar refractivity (Wildman–Crippen MR) is 113 cm³/mol. The Labute approximate surface area is 173 Å². The van der Waals surface area contributed by atoms with Crippen LogP contribution in [0.4, 0.5) is 16.2 Å². The standard InChI is InChI=1S/C21H24N6O3/c1-12-9-10-15(11-17(12)24-21(30)23-16-7-5-4-6-8-16)20(29)22-13(2)18-25-19(14(3)28)27-26-18/h4-11,13-14,28H,1-3H3,(H,22,29)(H2,23,24,30)(H,25,26,27). The lowest BCUT2D eigenvalue weighted by Gasteiger charge is -2.14. The van der Waals surface area contributed by atoms with E-state index in [4.69, 9.17) is 0 Å². The van der Waals surface area contributed by atoms with E-state index in [1.165, 1.54) is 0 Å². The van der Waals surface area contributed by atoms with Crippen LogP contribution in [0.2, 0.25) is 0 Å². The molecule has 2 aromatic carbocycles. The fourth-order valence-electron chi connectivity index (χ4n) is 2.72. The van der Waals surface area contributed by atoms with Gasteiger partial charge in [0.2, 0.25) is 0 Å². The van der Waals surface area contributed by atoms with Gasteiger partial charge in [-0.3, -0.25) is 9.89 Å². The zero-order valence-electron chi connectivity index (χ0n) is 16.9. The smallest absolute Gasteiger partial charge is 0.323 e. The second kappa shape index (κ2) is 9.19. The fraction of sp³-hybridized carbons (Fsp3) is 0.238. The first kappa shape index (κ1) is 21.0. The molecule has 0 aliphatic carbocycles. The summed E-state index contributed by atoms with van der Waals surface area (Å²) in [6.07, 6.45) is -0.800. The summed E-state index contributed by atoms with van der Waals surface area (Å²) in [7, 11) is 0. The minimum Gasteiger partial charge on any atom is -0.385 e. The molecule has 3 rings (SSSR count). The molecule has 3 aromatic rings. The zero-order valence-corrected chi connectivity index (χ0v) is 16.9. The Morgan fingerprint density at radius 3 is 2.47 bits per heavy atom. The summed E-state index contributed by atoms with van der Waals surface area (Å²) < 4.78 is 0. The summed E-state index contributed by atoms with van der Waals surface area (Å²) in [5.74, 6) is 0.369. The second-order valence-corrected chi connectivity index (χ2v) is 6.92. The summed E-state index contributed by atoms with van der Waals surface area (Å²) >= 11 is 0. The van der Waals surface area contributed by atoms with Gasteiger partial charge in [-0.1, -0.05) is 24.3 Å². The average Bonchev–Trinajstić information content (AvgIpc) is 3.21. The van der Waals surface area contributed by atoms with Crippen molar-refractivity contribution in [1.82, 2.24) is 20.5 Å². The number of aromatic nitrogens is 3. The third-order valence-electron chi connectivity index (χ3n) is 4.43. The molecule has 0 aliphatic heterocycles. The molecule has 2 unspecified atom stereocenters. The quantitative estimate of drug-likeness (QED) is 0.427. The highest BCUT2D eigenvalue weighted by Gasteiger charge is 2.17. The molecular formula is C21H24N6O3. The maximum atomic E-state index is 12.7. The second-order valence-electron chi connectivity index (χ2n) is 6.92. The van der Waals surface area contributed by atoms with Gasteiger partial charge in [0.15, 0.2) is 5.82 Å². The number of aliphatic hydroxyl groups is 1. The van der Waals surface area contributed by atoms with Crippen molar-refractivity contribution in [3.8, 4) is 0 Å². The van der Waals surface area contributed by atoms with E-state index >= 15 is 0 Å². The number of aryl methyl sites for hydroxylation is 1.